The zero-order chi connectivity index (χ0) is 17.2. The van der Waals surface area contributed by atoms with Gasteiger partial charge in [-0.15, -0.1) is 0 Å². The third kappa shape index (κ3) is 3.41. The van der Waals surface area contributed by atoms with E-state index in [1.54, 1.807) is 0 Å². The van der Waals surface area contributed by atoms with E-state index in [1.807, 2.05) is 24.4 Å². The maximum absolute atomic E-state index is 6.21. The van der Waals surface area contributed by atoms with Crippen LogP contribution in [0.5, 0.6) is 0 Å². The van der Waals surface area contributed by atoms with Gasteiger partial charge in [0, 0.05) is 66.4 Å². The largest absolute Gasteiger partial charge is 0.369 e. The van der Waals surface area contributed by atoms with Crippen molar-refractivity contribution in [1.29, 1.82) is 0 Å². The highest BCUT2D eigenvalue weighted by atomic mass is 35.5. The number of rotatable bonds is 3. The zero-order valence-corrected chi connectivity index (χ0v) is 15.7. The van der Waals surface area contributed by atoms with Gasteiger partial charge in [0.2, 0.25) is 5.13 Å². The van der Waals surface area contributed by atoms with Gasteiger partial charge < -0.3 is 9.80 Å². The Bertz CT molecular complexity index is 881. The van der Waals surface area contributed by atoms with Crippen molar-refractivity contribution in [3.8, 4) is 0 Å². The van der Waals surface area contributed by atoms with E-state index >= 15 is 0 Å². The maximum atomic E-state index is 6.21. The van der Waals surface area contributed by atoms with Crippen molar-refractivity contribution in [1.82, 2.24) is 14.3 Å². The Labute approximate surface area is 156 Å². The average Bonchev–Trinajstić information content (AvgIpc) is 2.98. The molecule has 1 aliphatic rings. The predicted molar refractivity (Wildman–Crippen MR) is 105 cm³/mol. The van der Waals surface area contributed by atoms with Gasteiger partial charge in [-0.05, 0) is 30.7 Å². The number of pyridine rings is 1. The van der Waals surface area contributed by atoms with Crippen LogP contribution in [0.15, 0.2) is 30.5 Å². The van der Waals surface area contributed by atoms with Crippen LogP contribution >= 0.6 is 23.1 Å². The molecule has 5 nitrogen and oxygen atoms in total. The molecule has 25 heavy (non-hydrogen) atoms. The van der Waals surface area contributed by atoms with E-state index < -0.39 is 0 Å². The highest BCUT2D eigenvalue weighted by molar-refractivity contribution is 7.09. The zero-order valence-electron chi connectivity index (χ0n) is 14.2. The second-order valence-corrected chi connectivity index (χ2v) is 7.33. The molecular weight excluding hydrogens is 354 g/mol. The first kappa shape index (κ1) is 16.5. The molecule has 0 radical (unpaired) electrons. The van der Waals surface area contributed by atoms with E-state index in [-0.39, 0.29) is 0 Å². The lowest BCUT2D eigenvalue weighted by Gasteiger charge is -2.24. The Morgan fingerprint density at radius 3 is 2.80 bits per heavy atom. The Balaban J connectivity index is 1.58. The molecule has 0 aliphatic carbocycles. The van der Waals surface area contributed by atoms with Crippen molar-refractivity contribution >= 4 is 44.9 Å². The lowest BCUT2D eigenvalue weighted by atomic mass is 10.1. The van der Waals surface area contributed by atoms with E-state index in [2.05, 4.69) is 37.1 Å². The summed E-state index contributed by atoms with van der Waals surface area (Å²) in [5.41, 5.74) is 2.19. The van der Waals surface area contributed by atoms with E-state index in [0.717, 1.165) is 65.9 Å². The van der Waals surface area contributed by atoms with E-state index in [1.165, 1.54) is 17.2 Å². The molecule has 0 amide bonds. The average molecular weight is 374 g/mol. The predicted octanol–water partition coefficient (Wildman–Crippen LogP) is 4.02. The van der Waals surface area contributed by atoms with Crippen LogP contribution in [0.1, 0.15) is 19.2 Å². The van der Waals surface area contributed by atoms with Crippen LogP contribution in [0.4, 0.5) is 10.8 Å². The fourth-order valence-electron chi connectivity index (χ4n) is 3.25. The number of fused-ring (bicyclic) bond motifs is 1. The molecule has 0 atom stereocenters. The van der Waals surface area contributed by atoms with Crippen LogP contribution in [0.2, 0.25) is 5.02 Å². The van der Waals surface area contributed by atoms with Crippen LogP contribution in [0, 0.1) is 0 Å². The SMILES string of the molecule is CCc1nsc(N2CCCN(c3ccnc4ccc(Cl)cc34)CC2)n1. The van der Waals surface area contributed by atoms with Gasteiger partial charge in [-0.3, -0.25) is 4.98 Å². The van der Waals surface area contributed by atoms with Gasteiger partial charge in [-0.2, -0.15) is 4.37 Å². The van der Waals surface area contributed by atoms with Crippen molar-refractivity contribution in [2.45, 2.75) is 19.8 Å². The summed E-state index contributed by atoms with van der Waals surface area (Å²) in [6.45, 7) is 6.02. The molecule has 2 aromatic heterocycles. The number of aromatic nitrogens is 3. The Morgan fingerprint density at radius 2 is 1.96 bits per heavy atom. The maximum Gasteiger partial charge on any atom is 0.205 e. The van der Waals surface area contributed by atoms with Crippen molar-refractivity contribution in [3.63, 3.8) is 0 Å². The summed E-state index contributed by atoms with van der Waals surface area (Å²) in [5.74, 6) is 0.941. The summed E-state index contributed by atoms with van der Waals surface area (Å²) in [5, 5.41) is 2.91. The quantitative estimate of drug-likeness (QED) is 0.693. The topological polar surface area (TPSA) is 45.2 Å². The molecule has 4 rings (SSSR count). The molecule has 0 unspecified atom stereocenters. The second kappa shape index (κ2) is 7.14. The van der Waals surface area contributed by atoms with Crippen LogP contribution < -0.4 is 9.80 Å². The Morgan fingerprint density at radius 1 is 1.12 bits per heavy atom. The number of hydrogen-bond acceptors (Lipinski definition) is 6. The summed E-state index contributed by atoms with van der Waals surface area (Å²) in [7, 11) is 0. The molecule has 7 heteroatoms. The van der Waals surface area contributed by atoms with Gasteiger partial charge >= 0.3 is 0 Å². The number of nitrogens with zero attached hydrogens (tertiary/aromatic N) is 5. The van der Waals surface area contributed by atoms with E-state index in [9.17, 15) is 0 Å². The summed E-state index contributed by atoms with van der Waals surface area (Å²) < 4.78 is 4.42. The van der Waals surface area contributed by atoms with Gasteiger partial charge in [-0.1, -0.05) is 18.5 Å². The molecule has 0 spiro atoms. The molecule has 130 valence electrons. The minimum Gasteiger partial charge on any atom is -0.369 e. The molecule has 0 saturated carbocycles. The van der Waals surface area contributed by atoms with E-state index in [4.69, 9.17) is 11.6 Å². The summed E-state index contributed by atoms with van der Waals surface area (Å²) in [4.78, 5) is 13.9. The first-order chi connectivity index (χ1) is 12.2. The van der Waals surface area contributed by atoms with Crippen LogP contribution in [-0.4, -0.2) is 40.5 Å². The lowest BCUT2D eigenvalue weighted by molar-refractivity contribution is 0.802. The Kier molecular flexibility index (Phi) is 4.72. The number of aryl methyl sites for hydroxylation is 1. The first-order valence-electron chi connectivity index (χ1n) is 8.61. The highest BCUT2D eigenvalue weighted by Crippen LogP contribution is 2.29. The van der Waals surface area contributed by atoms with E-state index in [0.29, 0.717) is 0 Å². The van der Waals surface area contributed by atoms with Crippen LogP contribution in [0.3, 0.4) is 0 Å². The number of halogens is 1. The molecule has 1 fully saturated rings. The van der Waals surface area contributed by atoms with Gasteiger partial charge in [0.15, 0.2) is 0 Å². The summed E-state index contributed by atoms with van der Waals surface area (Å²) in [6.07, 6.45) is 3.86. The highest BCUT2D eigenvalue weighted by Gasteiger charge is 2.19. The van der Waals surface area contributed by atoms with Crippen LogP contribution in [-0.2, 0) is 6.42 Å². The molecule has 1 saturated heterocycles. The van der Waals surface area contributed by atoms with Gasteiger partial charge in [0.05, 0.1) is 5.52 Å². The molecule has 1 aromatic carbocycles. The number of benzene rings is 1. The lowest BCUT2D eigenvalue weighted by Crippen LogP contribution is -2.30. The normalized spacial score (nSPS) is 15.6. The number of hydrogen-bond donors (Lipinski definition) is 0. The molecule has 0 bridgehead atoms. The molecule has 0 N–H and O–H groups in total. The third-order valence-electron chi connectivity index (χ3n) is 4.56. The smallest absolute Gasteiger partial charge is 0.205 e. The monoisotopic (exact) mass is 373 g/mol. The summed E-state index contributed by atoms with van der Waals surface area (Å²) in [6, 6.07) is 7.99. The molecule has 3 aromatic rings. The molecular formula is C18H20ClN5S. The summed E-state index contributed by atoms with van der Waals surface area (Å²) >= 11 is 7.72. The second-order valence-electron chi connectivity index (χ2n) is 6.17. The minimum absolute atomic E-state index is 0.749. The molecule has 3 heterocycles. The molecule has 1 aliphatic heterocycles. The minimum atomic E-state index is 0.749. The fraction of sp³-hybridized carbons (Fsp3) is 0.389. The number of anilines is 2. The third-order valence-corrected chi connectivity index (χ3v) is 5.61. The fourth-order valence-corrected chi connectivity index (χ4v) is 4.22. The van der Waals surface area contributed by atoms with Crippen molar-refractivity contribution < 1.29 is 0 Å². The van der Waals surface area contributed by atoms with Crippen molar-refractivity contribution in [2.75, 3.05) is 36.0 Å². The first-order valence-corrected chi connectivity index (χ1v) is 9.76. The Hall–Kier alpha value is -1.92. The standard InChI is InChI=1S/C18H20ClN5S/c1-2-17-21-18(25-22-17)24-9-3-8-23(10-11-24)16-6-7-20-15-5-4-13(19)12-14(15)16/h4-7,12H,2-3,8-11H2,1H3. The van der Waals surface area contributed by atoms with Gasteiger partial charge in [0.1, 0.15) is 5.82 Å². The van der Waals surface area contributed by atoms with Crippen molar-refractivity contribution in [2.24, 2.45) is 0 Å². The van der Waals surface area contributed by atoms with Gasteiger partial charge in [0.25, 0.3) is 0 Å². The van der Waals surface area contributed by atoms with Gasteiger partial charge in [-0.25, -0.2) is 4.98 Å². The van der Waals surface area contributed by atoms with Crippen molar-refractivity contribution in [3.05, 3.63) is 41.3 Å². The van der Waals surface area contributed by atoms with Crippen LogP contribution in [0.25, 0.3) is 10.9 Å².